The summed E-state index contributed by atoms with van der Waals surface area (Å²) in [6.45, 7) is 2.64. The lowest BCUT2D eigenvalue weighted by molar-refractivity contribution is 0.0454. The Labute approximate surface area is 144 Å². The van der Waals surface area contributed by atoms with Gasteiger partial charge >= 0.3 is 0 Å². The first-order chi connectivity index (χ1) is 12.0. The molecule has 3 heterocycles. The normalized spacial score (nSPS) is 16.8. The Hall–Kier alpha value is -2.96. The number of carbonyl (C=O) groups excluding carboxylic acids is 1. The van der Waals surface area contributed by atoms with Crippen LogP contribution in [0.5, 0.6) is 0 Å². The van der Waals surface area contributed by atoms with Crippen molar-refractivity contribution in [1.29, 1.82) is 0 Å². The van der Waals surface area contributed by atoms with Gasteiger partial charge in [0, 0.05) is 24.8 Å². The zero-order chi connectivity index (χ0) is 17.6. The molecule has 1 aliphatic rings. The molecule has 0 aliphatic carbocycles. The summed E-state index contributed by atoms with van der Waals surface area (Å²) in [4.78, 5) is 14.6. The summed E-state index contributed by atoms with van der Waals surface area (Å²) in [5.41, 5.74) is 3.98. The Morgan fingerprint density at radius 2 is 2.08 bits per heavy atom. The molecule has 1 fully saturated rings. The molecule has 0 saturated carbocycles. The minimum atomic E-state index is -0.272. The van der Waals surface area contributed by atoms with Gasteiger partial charge in [0.05, 0.1) is 17.9 Å². The van der Waals surface area contributed by atoms with Crippen molar-refractivity contribution in [3.63, 3.8) is 0 Å². The van der Waals surface area contributed by atoms with Gasteiger partial charge in [-0.3, -0.25) is 14.6 Å². The predicted molar refractivity (Wildman–Crippen MR) is 90.3 cm³/mol. The number of hydrogen-bond acceptors (Lipinski definition) is 3. The number of aromatic amines is 1. The Morgan fingerprint density at radius 3 is 2.68 bits per heavy atom. The molecule has 1 aliphatic heterocycles. The van der Waals surface area contributed by atoms with Crippen molar-refractivity contribution in [1.82, 2.24) is 24.9 Å². The van der Waals surface area contributed by atoms with Gasteiger partial charge in [0.15, 0.2) is 0 Å². The molecule has 1 atom stereocenters. The van der Waals surface area contributed by atoms with E-state index < -0.39 is 0 Å². The molecule has 2 aromatic heterocycles. The van der Waals surface area contributed by atoms with Crippen LogP contribution in [0.1, 0.15) is 34.2 Å². The highest BCUT2D eigenvalue weighted by molar-refractivity contribution is 5.94. The van der Waals surface area contributed by atoms with Crippen molar-refractivity contribution in [3.05, 3.63) is 59.3 Å². The summed E-state index contributed by atoms with van der Waals surface area (Å²) in [5.74, 6) is -0.369. The Kier molecular flexibility index (Phi) is 3.63. The van der Waals surface area contributed by atoms with E-state index in [2.05, 4.69) is 15.3 Å². The van der Waals surface area contributed by atoms with Gasteiger partial charge in [-0.1, -0.05) is 12.1 Å². The van der Waals surface area contributed by atoms with E-state index in [1.165, 1.54) is 12.1 Å². The summed E-state index contributed by atoms with van der Waals surface area (Å²) in [6, 6.07) is 8.06. The highest BCUT2D eigenvalue weighted by Gasteiger charge is 2.34. The fraction of sp³-hybridized carbons (Fsp3) is 0.278. The molecule has 1 N–H and O–H groups in total. The van der Waals surface area contributed by atoms with Crippen LogP contribution in [0.25, 0.3) is 11.3 Å². The van der Waals surface area contributed by atoms with Crippen LogP contribution in [0, 0.1) is 12.7 Å². The van der Waals surface area contributed by atoms with Crippen molar-refractivity contribution >= 4 is 5.91 Å². The fourth-order valence-corrected chi connectivity index (χ4v) is 3.14. The molecule has 0 radical (unpaired) electrons. The third kappa shape index (κ3) is 2.61. The molecule has 128 valence electrons. The number of nitrogens with one attached hydrogen (secondary N) is 1. The number of aromatic nitrogens is 4. The average Bonchev–Trinajstić information content (AvgIpc) is 3.16. The van der Waals surface area contributed by atoms with E-state index in [0.29, 0.717) is 17.9 Å². The molecule has 3 aromatic rings. The molecular weight excluding hydrogens is 321 g/mol. The first kappa shape index (κ1) is 15.6. The van der Waals surface area contributed by atoms with E-state index in [1.54, 1.807) is 34.0 Å². The minimum Gasteiger partial charge on any atom is -0.330 e. The van der Waals surface area contributed by atoms with E-state index >= 15 is 0 Å². The van der Waals surface area contributed by atoms with Crippen molar-refractivity contribution in [2.75, 3.05) is 6.54 Å². The zero-order valence-electron chi connectivity index (χ0n) is 14.0. The second-order valence-corrected chi connectivity index (χ2v) is 6.29. The van der Waals surface area contributed by atoms with Crippen LogP contribution in [0.2, 0.25) is 0 Å². The number of aryl methyl sites for hydroxylation is 1. The lowest BCUT2D eigenvalue weighted by atomic mass is 9.94. The average molecular weight is 339 g/mol. The molecule has 1 aromatic carbocycles. The van der Waals surface area contributed by atoms with Crippen LogP contribution in [0.15, 0.2) is 36.5 Å². The largest absolute Gasteiger partial charge is 0.330 e. The van der Waals surface area contributed by atoms with E-state index in [1.807, 2.05) is 14.0 Å². The number of halogens is 1. The molecule has 0 spiro atoms. The predicted octanol–water partition coefficient (Wildman–Crippen LogP) is 2.84. The number of carbonyl (C=O) groups is 1. The number of rotatable bonds is 3. The number of nitrogens with zero attached hydrogens (tertiary/aromatic N) is 4. The Bertz CT molecular complexity index is 927. The van der Waals surface area contributed by atoms with Crippen LogP contribution in [-0.4, -0.2) is 37.3 Å². The number of H-pyrrole nitrogens is 1. The monoisotopic (exact) mass is 339 g/mol. The molecule has 1 saturated heterocycles. The smallest absolute Gasteiger partial charge is 0.272 e. The maximum Gasteiger partial charge on any atom is 0.272 e. The first-order valence-corrected chi connectivity index (χ1v) is 8.15. The van der Waals surface area contributed by atoms with Crippen molar-refractivity contribution in [2.45, 2.75) is 19.4 Å². The second-order valence-electron chi connectivity index (χ2n) is 6.29. The van der Waals surface area contributed by atoms with Gasteiger partial charge in [-0.15, -0.1) is 0 Å². The minimum absolute atomic E-state index is 0.0139. The van der Waals surface area contributed by atoms with E-state index in [9.17, 15) is 9.18 Å². The molecule has 0 unspecified atom stereocenters. The number of hydrogen-bond donors (Lipinski definition) is 1. The molecule has 1 amide bonds. The molecule has 0 bridgehead atoms. The fourth-order valence-electron chi connectivity index (χ4n) is 3.14. The summed E-state index contributed by atoms with van der Waals surface area (Å²) in [7, 11) is 1.87. The number of benzene rings is 1. The molecule has 4 rings (SSSR count). The van der Waals surface area contributed by atoms with E-state index in [-0.39, 0.29) is 17.8 Å². The maximum atomic E-state index is 13.1. The lowest BCUT2D eigenvalue weighted by Crippen LogP contribution is -2.45. The molecular formula is C18H18FN5O. The third-order valence-electron chi connectivity index (χ3n) is 4.85. The standard InChI is InChI=1S/C18H18FN5O/c1-11-14(10-20-23(11)2)15-9-16(22-21-15)18(25)24-8-7-17(24)12-3-5-13(19)6-4-12/h3-6,9-10,17H,7-8H2,1-2H3,(H,21,22)/t17-/m0/s1. The quantitative estimate of drug-likeness (QED) is 0.798. The van der Waals surface area contributed by atoms with Crippen molar-refractivity contribution < 1.29 is 9.18 Å². The van der Waals surface area contributed by atoms with Gasteiger partial charge in [0.25, 0.3) is 5.91 Å². The van der Waals surface area contributed by atoms with E-state index in [4.69, 9.17) is 0 Å². The SMILES string of the molecule is Cc1c(-c2cc(C(=O)N3CC[C@H]3c3ccc(F)cc3)[nH]n2)cnn1C. The van der Waals surface area contributed by atoms with Gasteiger partial charge in [0.2, 0.25) is 0 Å². The number of amides is 1. The van der Waals surface area contributed by atoms with Crippen LogP contribution >= 0.6 is 0 Å². The molecule has 25 heavy (non-hydrogen) atoms. The van der Waals surface area contributed by atoms with Gasteiger partial charge in [-0.05, 0) is 37.1 Å². The van der Waals surface area contributed by atoms with Crippen LogP contribution in [0.3, 0.4) is 0 Å². The van der Waals surface area contributed by atoms with Gasteiger partial charge in [-0.2, -0.15) is 10.2 Å². The summed E-state index contributed by atoms with van der Waals surface area (Å²) in [6.07, 6.45) is 2.62. The molecule has 6 nitrogen and oxygen atoms in total. The second kappa shape index (κ2) is 5.84. The molecule has 7 heteroatoms. The number of likely N-dealkylation sites (tertiary alicyclic amines) is 1. The van der Waals surface area contributed by atoms with Crippen molar-refractivity contribution in [2.24, 2.45) is 7.05 Å². The third-order valence-corrected chi connectivity index (χ3v) is 4.85. The highest BCUT2D eigenvalue weighted by Crippen LogP contribution is 2.34. The topological polar surface area (TPSA) is 66.8 Å². The highest BCUT2D eigenvalue weighted by atomic mass is 19.1. The van der Waals surface area contributed by atoms with Gasteiger partial charge in [-0.25, -0.2) is 4.39 Å². The van der Waals surface area contributed by atoms with Crippen LogP contribution < -0.4 is 0 Å². The summed E-state index contributed by atoms with van der Waals surface area (Å²) < 4.78 is 14.9. The summed E-state index contributed by atoms with van der Waals surface area (Å²) in [5, 5.41) is 11.3. The van der Waals surface area contributed by atoms with E-state index in [0.717, 1.165) is 23.2 Å². The van der Waals surface area contributed by atoms with Crippen LogP contribution in [0.4, 0.5) is 4.39 Å². The van der Waals surface area contributed by atoms with Gasteiger partial charge < -0.3 is 4.90 Å². The lowest BCUT2D eigenvalue weighted by Gasteiger charge is -2.41. The zero-order valence-corrected chi connectivity index (χ0v) is 14.0. The first-order valence-electron chi connectivity index (χ1n) is 8.15. The van der Waals surface area contributed by atoms with Crippen LogP contribution in [-0.2, 0) is 7.05 Å². The Morgan fingerprint density at radius 1 is 1.32 bits per heavy atom. The maximum absolute atomic E-state index is 13.1. The van der Waals surface area contributed by atoms with Gasteiger partial charge in [0.1, 0.15) is 11.5 Å². The van der Waals surface area contributed by atoms with Crippen molar-refractivity contribution in [3.8, 4) is 11.3 Å². The Balaban J connectivity index is 1.55. The summed E-state index contributed by atoms with van der Waals surface area (Å²) >= 11 is 0.